The molecule has 0 radical (unpaired) electrons. The fraction of sp³-hybridized carbons (Fsp3) is 0.111. The predicted octanol–water partition coefficient (Wildman–Crippen LogP) is 3.96. The SMILES string of the molecule is CC1=C(C(=O)c2ccccc2)C(c2ccc(Br)cc2)NC(=O)N1. The molecule has 116 valence electrons. The van der Waals surface area contributed by atoms with Gasteiger partial charge in [0.2, 0.25) is 0 Å². The van der Waals surface area contributed by atoms with E-state index in [9.17, 15) is 9.59 Å². The summed E-state index contributed by atoms with van der Waals surface area (Å²) < 4.78 is 0.943. The minimum Gasteiger partial charge on any atom is -0.327 e. The number of carbonyl (C=O) groups is 2. The standard InChI is InChI=1S/C18H15BrN2O2/c1-11-15(17(22)13-5-3-2-4-6-13)16(21-18(23)20-11)12-7-9-14(19)10-8-12/h2-10,16H,1H3,(H2,20,21,23). The summed E-state index contributed by atoms with van der Waals surface area (Å²) in [5, 5.41) is 5.53. The Morgan fingerprint density at radius 2 is 1.70 bits per heavy atom. The van der Waals surface area contributed by atoms with Crippen LogP contribution in [-0.4, -0.2) is 11.8 Å². The van der Waals surface area contributed by atoms with Crippen molar-refractivity contribution in [1.29, 1.82) is 0 Å². The van der Waals surface area contributed by atoms with Crippen LogP contribution in [-0.2, 0) is 0 Å². The highest BCUT2D eigenvalue weighted by molar-refractivity contribution is 9.10. The van der Waals surface area contributed by atoms with Gasteiger partial charge in [-0.1, -0.05) is 58.4 Å². The molecule has 2 aromatic carbocycles. The van der Waals surface area contributed by atoms with Crippen LogP contribution in [0.3, 0.4) is 0 Å². The molecule has 2 aromatic rings. The monoisotopic (exact) mass is 370 g/mol. The van der Waals surface area contributed by atoms with Crippen LogP contribution in [0.5, 0.6) is 0 Å². The molecule has 5 heteroatoms. The van der Waals surface area contributed by atoms with Crippen molar-refractivity contribution >= 4 is 27.7 Å². The Bertz CT molecular complexity index is 782. The zero-order chi connectivity index (χ0) is 16.4. The van der Waals surface area contributed by atoms with Crippen molar-refractivity contribution in [2.75, 3.05) is 0 Å². The second-order valence-corrected chi connectivity index (χ2v) is 6.23. The highest BCUT2D eigenvalue weighted by Crippen LogP contribution is 2.30. The number of urea groups is 1. The van der Waals surface area contributed by atoms with Gasteiger partial charge in [0.1, 0.15) is 0 Å². The van der Waals surface area contributed by atoms with Gasteiger partial charge >= 0.3 is 6.03 Å². The number of carbonyl (C=O) groups excluding carboxylic acids is 2. The Morgan fingerprint density at radius 3 is 2.35 bits per heavy atom. The van der Waals surface area contributed by atoms with Gasteiger partial charge in [-0.3, -0.25) is 4.79 Å². The van der Waals surface area contributed by atoms with E-state index in [1.165, 1.54) is 0 Å². The average Bonchev–Trinajstić information content (AvgIpc) is 2.55. The maximum absolute atomic E-state index is 12.9. The molecule has 3 rings (SSSR count). The second-order valence-electron chi connectivity index (χ2n) is 5.32. The van der Waals surface area contributed by atoms with Crippen molar-refractivity contribution in [1.82, 2.24) is 10.6 Å². The number of ketones is 1. The van der Waals surface area contributed by atoms with Crippen molar-refractivity contribution < 1.29 is 9.59 Å². The molecule has 0 fully saturated rings. The van der Waals surface area contributed by atoms with Gasteiger partial charge in [-0.15, -0.1) is 0 Å². The number of nitrogens with one attached hydrogen (secondary N) is 2. The van der Waals surface area contributed by atoms with E-state index in [1.807, 2.05) is 42.5 Å². The predicted molar refractivity (Wildman–Crippen MR) is 92.0 cm³/mol. The van der Waals surface area contributed by atoms with Gasteiger partial charge in [-0.05, 0) is 24.6 Å². The highest BCUT2D eigenvalue weighted by Gasteiger charge is 2.31. The van der Waals surface area contributed by atoms with Gasteiger partial charge in [0.05, 0.1) is 6.04 Å². The molecule has 1 heterocycles. The summed E-state index contributed by atoms with van der Waals surface area (Å²) in [7, 11) is 0. The average molecular weight is 371 g/mol. The summed E-state index contributed by atoms with van der Waals surface area (Å²) in [6.45, 7) is 1.75. The van der Waals surface area contributed by atoms with Crippen molar-refractivity contribution in [3.63, 3.8) is 0 Å². The molecule has 0 aliphatic carbocycles. The third-order valence-electron chi connectivity index (χ3n) is 3.75. The first-order chi connectivity index (χ1) is 11.1. The third kappa shape index (κ3) is 3.19. The van der Waals surface area contributed by atoms with E-state index in [-0.39, 0.29) is 11.8 Å². The number of rotatable bonds is 3. The van der Waals surface area contributed by atoms with Crippen LogP contribution in [0.4, 0.5) is 4.79 Å². The van der Waals surface area contributed by atoms with Gasteiger partial charge in [0.25, 0.3) is 0 Å². The van der Waals surface area contributed by atoms with Gasteiger partial charge in [0, 0.05) is 21.3 Å². The number of allylic oxidation sites excluding steroid dienone is 1. The van der Waals surface area contributed by atoms with Gasteiger partial charge in [-0.2, -0.15) is 0 Å². The third-order valence-corrected chi connectivity index (χ3v) is 4.28. The van der Waals surface area contributed by atoms with Crippen molar-refractivity contribution in [2.24, 2.45) is 0 Å². The highest BCUT2D eigenvalue weighted by atomic mass is 79.9. The van der Waals surface area contributed by atoms with Crippen LogP contribution in [0.15, 0.2) is 70.3 Å². The fourth-order valence-electron chi connectivity index (χ4n) is 2.65. The van der Waals surface area contributed by atoms with Crippen LogP contribution >= 0.6 is 15.9 Å². The van der Waals surface area contributed by atoms with Gasteiger partial charge < -0.3 is 10.6 Å². The Hall–Kier alpha value is -2.40. The molecule has 0 spiro atoms. The molecular weight excluding hydrogens is 356 g/mol. The summed E-state index contributed by atoms with van der Waals surface area (Å²) in [5.74, 6) is -0.0940. The normalized spacial score (nSPS) is 17.5. The molecule has 0 bridgehead atoms. The lowest BCUT2D eigenvalue weighted by Crippen LogP contribution is -2.45. The van der Waals surface area contributed by atoms with Gasteiger partial charge in [-0.25, -0.2) is 4.79 Å². The molecule has 1 unspecified atom stereocenters. The quantitative estimate of drug-likeness (QED) is 0.803. The molecule has 4 nitrogen and oxygen atoms in total. The first kappa shape index (κ1) is 15.5. The summed E-state index contributed by atoms with van der Waals surface area (Å²) in [4.78, 5) is 24.8. The molecular formula is C18H15BrN2O2. The van der Waals surface area contributed by atoms with Gasteiger partial charge in [0.15, 0.2) is 5.78 Å². The summed E-state index contributed by atoms with van der Waals surface area (Å²) >= 11 is 3.40. The number of hydrogen-bond donors (Lipinski definition) is 2. The topological polar surface area (TPSA) is 58.2 Å². The molecule has 0 aromatic heterocycles. The number of halogens is 1. The van der Waals surface area contributed by atoms with Crippen molar-refractivity contribution in [2.45, 2.75) is 13.0 Å². The van der Waals surface area contributed by atoms with E-state index in [1.54, 1.807) is 19.1 Å². The lowest BCUT2D eigenvalue weighted by molar-refractivity contribution is 0.102. The van der Waals surface area contributed by atoms with Crippen molar-refractivity contribution in [3.05, 3.63) is 81.5 Å². The molecule has 1 aliphatic heterocycles. The molecule has 1 atom stereocenters. The van der Waals surface area contributed by atoms with Crippen LogP contribution < -0.4 is 10.6 Å². The molecule has 23 heavy (non-hydrogen) atoms. The zero-order valence-corrected chi connectivity index (χ0v) is 14.1. The number of amides is 2. The van der Waals surface area contributed by atoms with E-state index in [0.29, 0.717) is 16.8 Å². The minimum atomic E-state index is -0.468. The molecule has 2 amide bonds. The molecule has 1 aliphatic rings. The molecule has 2 N–H and O–H groups in total. The van der Waals surface area contributed by atoms with E-state index in [0.717, 1.165) is 10.0 Å². The summed E-state index contributed by atoms with van der Waals surface area (Å²) in [6.07, 6.45) is 0. The minimum absolute atomic E-state index is 0.0940. The summed E-state index contributed by atoms with van der Waals surface area (Å²) in [5.41, 5.74) is 2.59. The Labute approximate surface area is 142 Å². The maximum Gasteiger partial charge on any atom is 0.319 e. The Balaban J connectivity index is 2.06. The lowest BCUT2D eigenvalue weighted by atomic mass is 9.90. The molecule has 0 saturated heterocycles. The number of benzene rings is 2. The Kier molecular flexibility index (Phi) is 4.30. The van der Waals surface area contributed by atoms with Crippen LogP contribution in [0.2, 0.25) is 0 Å². The number of Topliss-reactive ketones (excluding diaryl/α,β-unsaturated/α-hetero) is 1. The zero-order valence-electron chi connectivity index (χ0n) is 12.5. The van der Waals surface area contributed by atoms with E-state index in [4.69, 9.17) is 0 Å². The van der Waals surface area contributed by atoms with Crippen LogP contribution in [0.25, 0.3) is 0 Å². The number of hydrogen-bond acceptors (Lipinski definition) is 2. The smallest absolute Gasteiger partial charge is 0.319 e. The first-order valence-electron chi connectivity index (χ1n) is 7.20. The second kappa shape index (κ2) is 6.38. The van der Waals surface area contributed by atoms with E-state index >= 15 is 0 Å². The van der Waals surface area contributed by atoms with Crippen LogP contribution in [0.1, 0.15) is 28.9 Å². The fourth-order valence-corrected chi connectivity index (χ4v) is 2.91. The van der Waals surface area contributed by atoms with Crippen molar-refractivity contribution in [3.8, 4) is 0 Å². The largest absolute Gasteiger partial charge is 0.327 e. The molecule has 0 saturated carbocycles. The summed E-state index contributed by atoms with van der Waals surface area (Å²) in [6, 6.07) is 15.9. The Morgan fingerprint density at radius 1 is 1.04 bits per heavy atom. The maximum atomic E-state index is 12.9. The van der Waals surface area contributed by atoms with E-state index < -0.39 is 6.04 Å². The van der Waals surface area contributed by atoms with Crippen LogP contribution in [0, 0.1) is 0 Å². The van der Waals surface area contributed by atoms with E-state index in [2.05, 4.69) is 26.6 Å². The first-order valence-corrected chi connectivity index (χ1v) is 7.99. The lowest BCUT2D eigenvalue weighted by Gasteiger charge is -2.28.